The molecule has 1 N–H and O–H groups in total. The van der Waals surface area contributed by atoms with E-state index in [1.54, 1.807) is 0 Å². The molecule has 5 atom stereocenters. The van der Waals surface area contributed by atoms with E-state index in [2.05, 4.69) is 5.32 Å². The van der Waals surface area contributed by atoms with E-state index in [-0.39, 0.29) is 12.7 Å². The highest BCUT2D eigenvalue weighted by Gasteiger charge is 2.51. The van der Waals surface area contributed by atoms with Crippen LogP contribution in [-0.4, -0.2) is 67.2 Å². The fourth-order valence-electron chi connectivity index (χ4n) is 3.80. The molecule has 0 bridgehead atoms. The van der Waals surface area contributed by atoms with E-state index in [4.69, 9.17) is 23.7 Å². The largest absolute Gasteiger partial charge is 0.463 e. The summed E-state index contributed by atoms with van der Waals surface area (Å²) < 4.78 is 28.0. The Kier molecular flexibility index (Phi) is 9.04. The molecule has 0 unspecified atom stereocenters. The minimum atomic E-state index is -1.10. The van der Waals surface area contributed by atoms with Gasteiger partial charge in [-0.3, -0.25) is 19.2 Å². The van der Waals surface area contributed by atoms with E-state index in [9.17, 15) is 19.2 Å². The van der Waals surface area contributed by atoms with E-state index in [1.807, 2.05) is 0 Å². The topological polar surface area (TPSA) is 126 Å². The Hall–Kier alpha value is -2.20. The number of carbonyl (C=O) groups is 4. The van der Waals surface area contributed by atoms with Crippen molar-refractivity contribution in [1.82, 2.24) is 5.32 Å². The molecule has 1 amide bonds. The molecule has 1 saturated heterocycles. The van der Waals surface area contributed by atoms with E-state index < -0.39 is 54.5 Å². The molecule has 0 aromatic rings. The van der Waals surface area contributed by atoms with Gasteiger partial charge in [0, 0.05) is 27.7 Å². The Balaban J connectivity index is 2.34. The van der Waals surface area contributed by atoms with Gasteiger partial charge in [0.1, 0.15) is 18.8 Å². The average Bonchev–Trinajstić information content (AvgIpc) is 2.64. The first-order valence-corrected chi connectivity index (χ1v) is 10.2. The predicted octanol–water partition coefficient (Wildman–Crippen LogP) is 0.992. The summed E-state index contributed by atoms with van der Waals surface area (Å²) in [5.74, 6) is -2.20. The van der Waals surface area contributed by atoms with Gasteiger partial charge < -0.3 is 29.0 Å². The summed E-state index contributed by atoms with van der Waals surface area (Å²) in [5.41, 5.74) is 0. The van der Waals surface area contributed by atoms with Gasteiger partial charge in [0.25, 0.3) is 0 Å². The second-order valence-electron chi connectivity index (χ2n) is 7.62. The van der Waals surface area contributed by atoms with Crippen molar-refractivity contribution in [3.8, 4) is 0 Å². The van der Waals surface area contributed by atoms with Gasteiger partial charge in [-0.2, -0.15) is 0 Å². The van der Waals surface area contributed by atoms with E-state index in [0.717, 1.165) is 32.1 Å². The first-order chi connectivity index (χ1) is 14.2. The minimum absolute atomic E-state index is 0.0855. The van der Waals surface area contributed by atoms with Crippen molar-refractivity contribution in [1.29, 1.82) is 0 Å². The molecule has 30 heavy (non-hydrogen) atoms. The molecule has 10 heteroatoms. The van der Waals surface area contributed by atoms with E-state index >= 15 is 0 Å². The Labute approximate surface area is 175 Å². The summed E-state index contributed by atoms with van der Waals surface area (Å²) in [4.78, 5) is 46.7. The molecule has 2 rings (SSSR count). The zero-order valence-corrected chi connectivity index (χ0v) is 17.9. The standard InChI is InChI=1S/C20H31NO9/c1-11(22)21-17-19(28-14(4)25)18(27-13(3)24)16(10-26-12(2)23)30-20(17)29-15-8-6-5-7-9-15/h15-20H,5-10H2,1-4H3,(H,21,22)/t16-,17+,18+,19+,20-/m0/s1. The fourth-order valence-corrected chi connectivity index (χ4v) is 3.80. The summed E-state index contributed by atoms with van der Waals surface area (Å²) in [6, 6.07) is -0.911. The van der Waals surface area contributed by atoms with Crippen LogP contribution in [0.4, 0.5) is 0 Å². The highest BCUT2D eigenvalue weighted by atomic mass is 16.7. The van der Waals surface area contributed by atoms with Gasteiger partial charge >= 0.3 is 17.9 Å². The summed E-state index contributed by atoms with van der Waals surface area (Å²) in [5, 5.41) is 2.70. The Morgan fingerprint density at radius 1 is 0.867 bits per heavy atom. The summed E-state index contributed by atoms with van der Waals surface area (Å²) >= 11 is 0. The quantitative estimate of drug-likeness (QED) is 0.466. The average molecular weight is 429 g/mol. The van der Waals surface area contributed by atoms with Crippen molar-refractivity contribution >= 4 is 23.8 Å². The van der Waals surface area contributed by atoms with Crippen LogP contribution in [0.1, 0.15) is 59.8 Å². The summed E-state index contributed by atoms with van der Waals surface area (Å²) in [6.45, 7) is 4.73. The lowest BCUT2D eigenvalue weighted by Gasteiger charge is -2.46. The van der Waals surface area contributed by atoms with Crippen LogP contribution in [0.2, 0.25) is 0 Å². The first-order valence-electron chi connectivity index (χ1n) is 10.2. The summed E-state index contributed by atoms with van der Waals surface area (Å²) in [7, 11) is 0. The van der Waals surface area contributed by atoms with Crippen LogP contribution in [0.3, 0.4) is 0 Å². The van der Waals surface area contributed by atoms with Gasteiger partial charge in [-0.1, -0.05) is 19.3 Å². The molecule has 170 valence electrons. The van der Waals surface area contributed by atoms with Crippen molar-refractivity contribution in [2.45, 2.75) is 96.5 Å². The number of nitrogens with one attached hydrogen (secondary N) is 1. The number of rotatable bonds is 7. The first kappa shape index (κ1) is 24.1. The van der Waals surface area contributed by atoms with Gasteiger partial charge in [-0.25, -0.2) is 0 Å². The van der Waals surface area contributed by atoms with E-state index in [0.29, 0.717) is 0 Å². The lowest BCUT2D eigenvalue weighted by atomic mass is 9.94. The molecular weight excluding hydrogens is 398 g/mol. The van der Waals surface area contributed by atoms with Crippen molar-refractivity contribution in [2.75, 3.05) is 6.61 Å². The second-order valence-corrected chi connectivity index (χ2v) is 7.62. The maximum absolute atomic E-state index is 11.9. The van der Waals surface area contributed by atoms with E-state index in [1.165, 1.54) is 27.7 Å². The zero-order chi connectivity index (χ0) is 22.3. The molecule has 1 aliphatic carbocycles. The number of carbonyl (C=O) groups excluding carboxylic acids is 4. The van der Waals surface area contributed by atoms with Crippen LogP contribution in [0.15, 0.2) is 0 Å². The molecular formula is C20H31NO9. The third-order valence-corrected chi connectivity index (χ3v) is 4.95. The smallest absolute Gasteiger partial charge is 0.303 e. The molecule has 2 aliphatic rings. The number of hydrogen-bond donors (Lipinski definition) is 1. The lowest BCUT2D eigenvalue weighted by Crippen LogP contribution is -2.67. The number of hydrogen-bond acceptors (Lipinski definition) is 9. The highest BCUT2D eigenvalue weighted by molar-refractivity contribution is 5.73. The van der Waals surface area contributed by atoms with Crippen LogP contribution in [-0.2, 0) is 42.9 Å². The SMILES string of the molecule is CC(=O)N[C@H]1[C@@H](OC2CCCCC2)O[C@@H](COC(C)=O)[C@@H](OC(C)=O)[C@@H]1OC(C)=O. The molecule has 0 radical (unpaired) electrons. The third-order valence-electron chi connectivity index (χ3n) is 4.95. The van der Waals surface area contributed by atoms with Crippen LogP contribution >= 0.6 is 0 Å². The Bertz CT molecular complexity index is 632. The monoisotopic (exact) mass is 429 g/mol. The maximum Gasteiger partial charge on any atom is 0.303 e. The van der Waals surface area contributed by atoms with Gasteiger partial charge in [0.2, 0.25) is 5.91 Å². The van der Waals surface area contributed by atoms with Gasteiger partial charge in [0.05, 0.1) is 6.10 Å². The van der Waals surface area contributed by atoms with Crippen molar-refractivity contribution < 1.29 is 42.9 Å². The molecule has 1 saturated carbocycles. The van der Waals surface area contributed by atoms with Crippen molar-refractivity contribution in [3.63, 3.8) is 0 Å². The fraction of sp³-hybridized carbons (Fsp3) is 0.800. The normalized spacial score (nSPS) is 29.5. The van der Waals surface area contributed by atoms with Crippen LogP contribution in [0.5, 0.6) is 0 Å². The predicted molar refractivity (Wildman–Crippen MR) is 102 cm³/mol. The van der Waals surface area contributed by atoms with Crippen LogP contribution in [0.25, 0.3) is 0 Å². The van der Waals surface area contributed by atoms with Crippen molar-refractivity contribution in [2.24, 2.45) is 0 Å². The summed E-state index contributed by atoms with van der Waals surface area (Å²) in [6.07, 6.45) is 0.643. The molecule has 0 aromatic carbocycles. The minimum Gasteiger partial charge on any atom is -0.463 e. The molecule has 1 heterocycles. The van der Waals surface area contributed by atoms with Crippen LogP contribution in [0, 0.1) is 0 Å². The molecule has 1 aliphatic heterocycles. The molecule has 2 fully saturated rings. The number of amides is 1. The number of ether oxygens (including phenoxy) is 5. The lowest BCUT2D eigenvalue weighted by molar-refractivity contribution is -0.289. The van der Waals surface area contributed by atoms with Gasteiger partial charge in [0.15, 0.2) is 18.5 Å². The number of esters is 3. The Morgan fingerprint density at radius 2 is 1.47 bits per heavy atom. The third kappa shape index (κ3) is 7.24. The molecule has 0 aromatic heterocycles. The van der Waals surface area contributed by atoms with Crippen molar-refractivity contribution in [3.05, 3.63) is 0 Å². The zero-order valence-electron chi connectivity index (χ0n) is 17.9. The molecule has 0 spiro atoms. The van der Waals surface area contributed by atoms with Crippen LogP contribution < -0.4 is 5.32 Å². The molecule has 10 nitrogen and oxygen atoms in total. The second kappa shape index (κ2) is 11.3. The highest BCUT2D eigenvalue weighted by Crippen LogP contribution is 2.31. The maximum atomic E-state index is 11.9. The Morgan fingerprint density at radius 3 is 2.00 bits per heavy atom. The van der Waals surface area contributed by atoms with Gasteiger partial charge in [-0.05, 0) is 12.8 Å². The van der Waals surface area contributed by atoms with Gasteiger partial charge in [-0.15, -0.1) is 0 Å².